The van der Waals surface area contributed by atoms with Crippen LogP contribution < -0.4 is 4.72 Å². The van der Waals surface area contributed by atoms with E-state index in [1.807, 2.05) is 4.72 Å². The van der Waals surface area contributed by atoms with E-state index in [-0.39, 0.29) is 16.3 Å². The molecule has 1 N–H and O–H groups in total. The van der Waals surface area contributed by atoms with Gasteiger partial charge < -0.3 is 0 Å². The van der Waals surface area contributed by atoms with Crippen LogP contribution in [0.5, 0.6) is 0 Å². The molecule has 0 aliphatic carbocycles. The summed E-state index contributed by atoms with van der Waals surface area (Å²) in [6, 6.07) is 14.4. The van der Waals surface area contributed by atoms with E-state index < -0.39 is 20.9 Å². The molecular formula is C16H12N4O5S. The van der Waals surface area contributed by atoms with Crippen LogP contribution in [0.1, 0.15) is 10.5 Å². The predicted octanol–water partition coefficient (Wildman–Crippen LogP) is 1.90. The fourth-order valence-electron chi connectivity index (χ4n) is 2.17. The number of non-ortho nitro benzene ring substituents is 1. The van der Waals surface area contributed by atoms with E-state index >= 15 is 0 Å². The fraction of sp³-hybridized carbons (Fsp3) is 0. The first-order chi connectivity index (χ1) is 12.4. The van der Waals surface area contributed by atoms with Crippen LogP contribution in [-0.4, -0.2) is 29.0 Å². The lowest BCUT2D eigenvalue weighted by Gasteiger charge is -2.05. The molecule has 26 heavy (non-hydrogen) atoms. The summed E-state index contributed by atoms with van der Waals surface area (Å²) in [7, 11) is -4.02. The minimum atomic E-state index is -4.02. The number of aromatic nitrogens is 2. The van der Waals surface area contributed by atoms with E-state index in [1.54, 1.807) is 12.1 Å². The summed E-state index contributed by atoms with van der Waals surface area (Å²) in [5, 5.41) is 14.8. The number of nitro benzene ring substituents is 1. The van der Waals surface area contributed by atoms with Gasteiger partial charge in [0.15, 0.2) is 5.69 Å². The molecule has 2 aromatic carbocycles. The van der Waals surface area contributed by atoms with Crippen LogP contribution >= 0.6 is 0 Å². The number of nitro groups is 1. The molecule has 0 spiro atoms. The van der Waals surface area contributed by atoms with E-state index in [1.165, 1.54) is 59.4 Å². The van der Waals surface area contributed by atoms with Gasteiger partial charge in [-0.3, -0.25) is 14.9 Å². The third-order valence-corrected chi connectivity index (χ3v) is 4.75. The molecule has 0 fully saturated rings. The summed E-state index contributed by atoms with van der Waals surface area (Å²) in [6.07, 6.45) is 1.41. The highest BCUT2D eigenvalue weighted by molar-refractivity contribution is 7.90. The van der Waals surface area contributed by atoms with Crippen molar-refractivity contribution >= 4 is 21.6 Å². The Balaban J connectivity index is 1.83. The zero-order valence-corrected chi connectivity index (χ0v) is 14.0. The Morgan fingerprint density at radius 2 is 1.81 bits per heavy atom. The molecule has 0 bridgehead atoms. The van der Waals surface area contributed by atoms with Crippen LogP contribution in [0.15, 0.2) is 71.8 Å². The van der Waals surface area contributed by atoms with Crippen molar-refractivity contribution in [2.75, 3.05) is 0 Å². The van der Waals surface area contributed by atoms with Crippen molar-refractivity contribution in [1.29, 1.82) is 0 Å². The summed E-state index contributed by atoms with van der Waals surface area (Å²) >= 11 is 0. The van der Waals surface area contributed by atoms with Crippen LogP contribution in [0, 0.1) is 10.1 Å². The minimum Gasteiger partial charge on any atom is -0.266 e. The highest BCUT2D eigenvalue weighted by Crippen LogP contribution is 2.16. The van der Waals surface area contributed by atoms with Crippen LogP contribution in [0.25, 0.3) is 5.69 Å². The number of carbonyl (C=O) groups excluding carboxylic acids is 1. The average molecular weight is 372 g/mol. The normalized spacial score (nSPS) is 11.1. The molecule has 9 nitrogen and oxygen atoms in total. The Labute approximate surface area is 148 Å². The third-order valence-electron chi connectivity index (χ3n) is 3.41. The van der Waals surface area contributed by atoms with E-state index in [0.29, 0.717) is 5.69 Å². The lowest BCUT2D eigenvalue weighted by molar-refractivity contribution is -0.384. The second-order valence-electron chi connectivity index (χ2n) is 5.17. The molecule has 0 aliphatic heterocycles. The maximum atomic E-state index is 12.2. The monoisotopic (exact) mass is 372 g/mol. The number of rotatable bonds is 5. The second kappa shape index (κ2) is 6.76. The van der Waals surface area contributed by atoms with Gasteiger partial charge in [0.1, 0.15) is 0 Å². The van der Waals surface area contributed by atoms with Gasteiger partial charge in [0.05, 0.1) is 15.5 Å². The number of nitrogens with zero attached hydrogens (tertiary/aromatic N) is 3. The first-order valence-electron chi connectivity index (χ1n) is 7.29. The van der Waals surface area contributed by atoms with Gasteiger partial charge in [0.2, 0.25) is 0 Å². The van der Waals surface area contributed by atoms with Gasteiger partial charge in [0, 0.05) is 18.3 Å². The van der Waals surface area contributed by atoms with E-state index in [2.05, 4.69) is 5.10 Å². The molecule has 0 unspecified atom stereocenters. The lowest BCUT2D eigenvalue weighted by Crippen LogP contribution is -2.30. The van der Waals surface area contributed by atoms with Crippen molar-refractivity contribution in [2.24, 2.45) is 0 Å². The van der Waals surface area contributed by atoms with Crippen LogP contribution in [0.3, 0.4) is 0 Å². The molecule has 10 heteroatoms. The van der Waals surface area contributed by atoms with Crippen LogP contribution in [0.2, 0.25) is 0 Å². The number of hydrogen-bond donors (Lipinski definition) is 1. The average Bonchev–Trinajstić information content (AvgIpc) is 3.12. The van der Waals surface area contributed by atoms with Crippen molar-refractivity contribution < 1.29 is 18.1 Å². The van der Waals surface area contributed by atoms with Gasteiger partial charge in [0.25, 0.3) is 21.6 Å². The van der Waals surface area contributed by atoms with Gasteiger partial charge in [-0.1, -0.05) is 24.3 Å². The second-order valence-corrected chi connectivity index (χ2v) is 6.85. The predicted molar refractivity (Wildman–Crippen MR) is 91.3 cm³/mol. The molecule has 1 amide bonds. The molecule has 0 saturated heterocycles. The number of amides is 1. The fourth-order valence-corrected chi connectivity index (χ4v) is 3.15. The van der Waals surface area contributed by atoms with Crippen molar-refractivity contribution in [1.82, 2.24) is 14.5 Å². The maximum Gasteiger partial charge on any atom is 0.285 e. The highest BCUT2D eigenvalue weighted by Gasteiger charge is 2.20. The lowest BCUT2D eigenvalue weighted by atomic mass is 10.3. The Bertz CT molecular complexity index is 1080. The zero-order valence-electron chi connectivity index (χ0n) is 13.1. The van der Waals surface area contributed by atoms with Crippen molar-refractivity contribution in [3.05, 3.63) is 82.7 Å². The van der Waals surface area contributed by atoms with Gasteiger partial charge in [-0.2, -0.15) is 5.10 Å². The molecule has 132 valence electrons. The van der Waals surface area contributed by atoms with Gasteiger partial charge in [-0.15, -0.1) is 0 Å². The maximum absolute atomic E-state index is 12.2. The summed E-state index contributed by atoms with van der Waals surface area (Å²) in [5.41, 5.74) is 0.0934. The molecule has 3 aromatic rings. The van der Waals surface area contributed by atoms with Gasteiger partial charge in [-0.05, 0) is 24.3 Å². The third kappa shape index (κ3) is 3.59. The summed E-state index contributed by atoms with van der Waals surface area (Å²) < 4.78 is 27.5. The van der Waals surface area contributed by atoms with E-state index in [0.717, 1.165) is 0 Å². The first-order valence-corrected chi connectivity index (χ1v) is 8.78. The quantitative estimate of drug-likeness (QED) is 0.539. The Morgan fingerprint density at radius 3 is 2.50 bits per heavy atom. The van der Waals surface area contributed by atoms with E-state index in [4.69, 9.17) is 0 Å². The SMILES string of the molecule is O=C(NS(=O)(=O)c1ccccc1)c1ccn(-c2cccc([N+](=O)[O-])c2)n1. The molecule has 3 rings (SSSR count). The van der Waals surface area contributed by atoms with Crippen LogP contribution in [-0.2, 0) is 10.0 Å². The highest BCUT2D eigenvalue weighted by atomic mass is 32.2. The summed E-state index contributed by atoms with van der Waals surface area (Å²) in [5.74, 6) is -0.905. The largest absolute Gasteiger partial charge is 0.285 e. The molecule has 0 radical (unpaired) electrons. The van der Waals surface area contributed by atoms with Gasteiger partial charge >= 0.3 is 0 Å². The Kier molecular flexibility index (Phi) is 4.50. The summed E-state index contributed by atoms with van der Waals surface area (Å²) in [6.45, 7) is 0. The molecule has 1 heterocycles. The number of hydrogen-bond acceptors (Lipinski definition) is 6. The van der Waals surface area contributed by atoms with Gasteiger partial charge in [-0.25, -0.2) is 17.8 Å². The molecule has 0 saturated carbocycles. The topological polar surface area (TPSA) is 124 Å². The number of carbonyl (C=O) groups is 1. The number of benzene rings is 2. The van der Waals surface area contributed by atoms with Crippen molar-refractivity contribution in [3.63, 3.8) is 0 Å². The van der Waals surface area contributed by atoms with E-state index in [9.17, 15) is 23.3 Å². The standard InChI is InChI=1S/C16H12N4O5S/c21-16(18-26(24,25)14-7-2-1-3-8-14)15-9-10-19(17-15)12-5-4-6-13(11-12)20(22)23/h1-11H,(H,18,21). The van der Waals surface area contributed by atoms with Crippen LogP contribution in [0.4, 0.5) is 5.69 Å². The molecule has 1 aromatic heterocycles. The number of sulfonamides is 1. The van der Waals surface area contributed by atoms with Crippen molar-refractivity contribution in [2.45, 2.75) is 4.90 Å². The molecular weight excluding hydrogens is 360 g/mol. The first kappa shape index (κ1) is 17.3. The summed E-state index contributed by atoms with van der Waals surface area (Å²) in [4.78, 5) is 22.4. The Hall–Kier alpha value is -3.53. The molecule has 0 atom stereocenters. The smallest absolute Gasteiger partial charge is 0.266 e. The minimum absolute atomic E-state index is 0.0496. The molecule has 0 aliphatic rings. The number of nitrogens with one attached hydrogen (secondary N) is 1. The Morgan fingerprint density at radius 1 is 1.08 bits per heavy atom. The zero-order chi connectivity index (χ0) is 18.7. The van der Waals surface area contributed by atoms with Crippen molar-refractivity contribution in [3.8, 4) is 5.69 Å².